The molecule has 0 N–H and O–H groups in total. The number of carbonyl (C=O) groups excluding carboxylic acids is 2. The van der Waals surface area contributed by atoms with Crippen molar-refractivity contribution >= 4 is 11.8 Å². The highest BCUT2D eigenvalue weighted by Crippen LogP contribution is 2.13. The summed E-state index contributed by atoms with van der Waals surface area (Å²) >= 11 is 0. The standard InChI is InChI=1S/C11H20O3/c1-4-5-6-7-8-10(9(2)12)11(13)14-3/h10H,4-8H2,1-3H3/t10-/m0/s1. The summed E-state index contributed by atoms with van der Waals surface area (Å²) in [6, 6.07) is 0. The second-order valence-electron chi connectivity index (χ2n) is 3.54. The molecule has 0 saturated heterocycles. The summed E-state index contributed by atoms with van der Waals surface area (Å²) in [5, 5.41) is 0. The first kappa shape index (κ1) is 13.1. The Morgan fingerprint density at radius 3 is 2.29 bits per heavy atom. The summed E-state index contributed by atoms with van der Waals surface area (Å²) in [6.45, 7) is 3.57. The van der Waals surface area contributed by atoms with Gasteiger partial charge in [0.15, 0.2) is 0 Å². The molecular formula is C11H20O3. The molecule has 0 aromatic carbocycles. The molecule has 0 aliphatic heterocycles. The highest BCUT2D eigenvalue weighted by atomic mass is 16.5. The third-order valence-electron chi connectivity index (χ3n) is 2.32. The zero-order valence-corrected chi connectivity index (χ0v) is 9.34. The lowest BCUT2D eigenvalue weighted by Gasteiger charge is -2.10. The summed E-state index contributed by atoms with van der Waals surface area (Å²) in [5.41, 5.74) is 0. The molecule has 3 nitrogen and oxygen atoms in total. The van der Waals surface area contributed by atoms with Gasteiger partial charge in [-0.25, -0.2) is 0 Å². The van der Waals surface area contributed by atoms with E-state index in [-0.39, 0.29) is 5.78 Å². The molecule has 0 heterocycles. The van der Waals surface area contributed by atoms with Gasteiger partial charge in [-0.05, 0) is 13.3 Å². The van der Waals surface area contributed by atoms with E-state index in [0.717, 1.165) is 25.7 Å². The molecule has 0 aromatic rings. The van der Waals surface area contributed by atoms with Gasteiger partial charge in [0.05, 0.1) is 7.11 Å². The van der Waals surface area contributed by atoms with Crippen molar-refractivity contribution < 1.29 is 14.3 Å². The molecular weight excluding hydrogens is 180 g/mol. The van der Waals surface area contributed by atoms with Gasteiger partial charge in [-0.15, -0.1) is 0 Å². The third-order valence-corrected chi connectivity index (χ3v) is 2.32. The molecule has 0 aliphatic rings. The fraction of sp³-hybridized carbons (Fsp3) is 0.818. The Kier molecular flexibility index (Phi) is 7.07. The largest absolute Gasteiger partial charge is 0.468 e. The number of carbonyl (C=O) groups is 2. The van der Waals surface area contributed by atoms with Crippen LogP contribution >= 0.6 is 0 Å². The topological polar surface area (TPSA) is 43.4 Å². The molecule has 0 aliphatic carbocycles. The Bertz CT molecular complexity index is 187. The van der Waals surface area contributed by atoms with Gasteiger partial charge in [0, 0.05) is 0 Å². The third kappa shape index (κ3) is 5.00. The number of rotatable bonds is 7. The SMILES string of the molecule is CCCCCC[C@@H](C(C)=O)C(=O)OC. The summed E-state index contributed by atoms with van der Waals surface area (Å²) in [4.78, 5) is 22.3. The minimum Gasteiger partial charge on any atom is -0.468 e. The van der Waals surface area contributed by atoms with E-state index in [1.165, 1.54) is 14.0 Å². The van der Waals surface area contributed by atoms with Crippen LogP contribution in [0.25, 0.3) is 0 Å². The first-order valence-corrected chi connectivity index (χ1v) is 5.21. The van der Waals surface area contributed by atoms with Crippen molar-refractivity contribution in [2.75, 3.05) is 7.11 Å². The first-order chi connectivity index (χ1) is 6.63. The van der Waals surface area contributed by atoms with Crippen LogP contribution in [0.15, 0.2) is 0 Å². The van der Waals surface area contributed by atoms with Crippen LogP contribution in [0.5, 0.6) is 0 Å². The fourth-order valence-corrected chi connectivity index (χ4v) is 1.40. The monoisotopic (exact) mass is 200 g/mol. The molecule has 0 fully saturated rings. The fourth-order valence-electron chi connectivity index (χ4n) is 1.40. The van der Waals surface area contributed by atoms with Crippen LogP contribution in [-0.2, 0) is 14.3 Å². The Hall–Kier alpha value is -0.860. The van der Waals surface area contributed by atoms with E-state index >= 15 is 0 Å². The molecule has 82 valence electrons. The van der Waals surface area contributed by atoms with Gasteiger partial charge in [-0.1, -0.05) is 32.6 Å². The van der Waals surface area contributed by atoms with E-state index in [2.05, 4.69) is 11.7 Å². The zero-order valence-electron chi connectivity index (χ0n) is 9.34. The van der Waals surface area contributed by atoms with Crippen LogP contribution in [0, 0.1) is 5.92 Å². The molecule has 14 heavy (non-hydrogen) atoms. The van der Waals surface area contributed by atoms with Crippen molar-refractivity contribution in [1.29, 1.82) is 0 Å². The highest BCUT2D eigenvalue weighted by Gasteiger charge is 2.22. The highest BCUT2D eigenvalue weighted by molar-refractivity contribution is 5.97. The predicted octanol–water partition coefficient (Wildman–Crippen LogP) is 2.33. The van der Waals surface area contributed by atoms with E-state index in [1.54, 1.807) is 0 Å². The van der Waals surface area contributed by atoms with Gasteiger partial charge in [-0.3, -0.25) is 9.59 Å². The number of Topliss-reactive ketones (excluding diaryl/α,β-unsaturated/α-hetero) is 1. The molecule has 0 radical (unpaired) electrons. The van der Waals surface area contributed by atoms with Crippen molar-refractivity contribution in [2.45, 2.75) is 46.0 Å². The van der Waals surface area contributed by atoms with Crippen LogP contribution in [0.2, 0.25) is 0 Å². The molecule has 0 saturated carbocycles. The Morgan fingerprint density at radius 2 is 1.86 bits per heavy atom. The van der Waals surface area contributed by atoms with Gasteiger partial charge in [0.25, 0.3) is 0 Å². The van der Waals surface area contributed by atoms with Gasteiger partial charge in [-0.2, -0.15) is 0 Å². The maximum Gasteiger partial charge on any atom is 0.316 e. The van der Waals surface area contributed by atoms with E-state index in [9.17, 15) is 9.59 Å². The molecule has 0 unspecified atom stereocenters. The van der Waals surface area contributed by atoms with Gasteiger partial charge in [0.2, 0.25) is 0 Å². The average Bonchev–Trinajstić information content (AvgIpc) is 2.16. The molecule has 0 amide bonds. The molecule has 3 heteroatoms. The summed E-state index contributed by atoms with van der Waals surface area (Å²) < 4.78 is 4.57. The lowest BCUT2D eigenvalue weighted by atomic mass is 9.97. The average molecular weight is 200 g/mol. The predicted molar refractivity (Wildman–Crippen MR) is 54.9 cm³/mol. The van der Waals surface area contributed by atoms with Crippen molar-refractivity contribution in [1.82, 2.24) is 0 Å². The van der Waals surface area contributed by atoms with E-state index in [0.29, 0.717) is 6.42 Å². The van der Waals surface area contributed by atoms with Crippen LogP contribution in [0.4, 0.5) is 0 Å². The molecule has 1 atom stereocenters. The van der Waals surface area contributed by atoms with E-state index in [4.69, 9.17) is 0 Å². The number of ether oxygens (including phenoxy) is 1. The number of hydrogen-bond acceptors (Lipinski definition) is 3. The number of unbranched alkanes of at least 4 members (excludes halogenated alkanes) is 3. The maximum absolute atomic E-state index is 11.2. The lowest BCUT2D eigenvalue weighted by Crippen LogP contribution is -2.23. The maximum atomic E-state index is 11.2. The van der Waals surface area contributed by atoms with Gasteiger partial charge in [0.1, 0.15) is 11.7 Å². The number of methoxy groups -OCH3 is 1. The Morgan fingerprint density at radius 1 is 1.21 bits per heavy atom. The Balaban J connectivity index is 3.86. The van der Waals surface area contributed by atoms with Crippen molar-refractivity contribution in [3.63, 3.8) is 0 Å². The van der Waals surface area contributed by atoms with Crippen molar-refractivity contribution in [3.05, 3.63) is 0 Å². The van der Waals surface area contributed by atoms with Crippen LogP contribution in [0.1, 0.15) is 46.0 Å². The van der Waals surface area contributed by atoms with Crippen LogP contribution in [0.3, 0.4) is 0 Å². The second kappa shape index (κ2) is 7.54. The van der Waals surface area contributed by atoms with Crippen molar-refractivity contribution in [2.24, 2.45) is 5.92 Å². The zero-order chi connectivity index (χ0) is 11.0. The van der Waals surface area contributed by atoms with Crippen LogP contribution < -0.4 is 0 Å². The number of esters is 1. The van der Waals surface area contributed by atoms with E-state index in [1.807, 2.05) is 0 Å². The first-order valence-electron chi connectivity index (χ1n) is 5.21. The molecule has 0 bridgehead atoms. The minimum absolute atomic E-state index is 0.0895. The van der Waals surface area contributed by atoms with Crippen LogP contribution in [-0.4, -0.2) is 18.9 Å². The van der Waals surface area contributed by atoms with Crippen molar-refractivity contribution in [3.8, 4) is 0 Å². The molecule has 0 spiro atoms. The smallest absolute Gasteiger partial charge is 0.316 e. The second-order valence-corrected chi connectivity index (χ2v) is 3.54. The Labute approximate surface area is 85.8 Å². The van der Waals surface area contributed by atoms with Gasteiger partial charge >= 0.3 is 5.97 Å². The van der Waals surface area contributed by atoms with E-state index < -0.39 is 11.9 Å². The normalized spacial score (nSPS) is 12.2. The lowest BCUT2D eigenvalue weighted by molar-refractivity contribution is -0.149. The van der Waals surface area contributed by atoms with Gasteiger partial charge < -0.3 is 4.74 Å². The number of hydrogen-bond donors (Lipinski definition) is 0. The molecule has 0 rings (SSSR count). The summed E-state index contributed by atoms with van der Waals surface area (Å²) in [7, 11) is 1.32. The summed E-state index contributed by atoms with van der Waals surface area (Å²) in [6.07, 6.45) is 4.95. The number of ketones is 1. The summed E-state index contributed by atoms with van der Waals surface area (Å²) in [5.74, 6) is -1.03. The quantitative estimate of drug-likeness (QED) is 0.360. The molecule has 0 aromatic heterocycles. The minimum atomic E-state index is -0.545.